The molecule has 1 N–H and O–H groups in total. The number of nitrogens with one attached hydrogen (secondary N) is 1. The van der Waals surface area contributed by atoms with Crippen molar-refractivity contribution >= 4 is 5.78 Å². The van der Waals surface area contributed by atoms with Crippen LogP contribution in [0.2, 0.25) is 0 Å². The van der Waals surface area contributed by atoms with Crippen LogP contribution in [0.4, 0.5) is 0 Å². The second kappa shape index (κ2) is 4.10. The highest BCUT2D eigenvalue weighted by molar-refractivity contribution is 5.94. The molecular weight excluding hydrogens is 192 g/mol. The Hall–Kier alpha value is -1.23. The minimum absolute atomic E-state index is 0.0594. The SMILES string of the molecule is CC1CCC(C(=O)c2ncnn2C)CN1. The van der Waals surface area contributed by atoms with Crippen LogP contribution in [-0.2, 0) is 7.05 Å². The Morgan fingerprint density at radius 1 is 1.60 bits per heavy atom. The summed E-state index contributed by atoms with van der Waals surface area (Å²) in [7, 11) is 1.75. The van der Waals surface area contributed by atoms with Crippen molar-refractivity contribution in [2.45, 2.75) is 25.8 Å². The lowest BCUT2D eigenvalue weighted by molar-refractivity contribution is 0.0875. The molecule has 82 valence electrons. The molecule has 5 heteroatoms. The molecule has 1 saturated heterocycles. The fourth-order valence-corrected chi connectivity index (χ4v) is 1.92. The molecule has 2 unspecified atom stereocenters. The third-order valence-electron chi connectivity index (χ3n) is 2.96. The Balaban J connectivity index is 2.06. The zero-order valence-electron chi connectivity index (χ0n) is 9.10. The lowest BCUT2D eigenvalue weighted by Crippen LogP contribution is -2.40. The average Bonchev–Trinajstić information content (AvgIpc) is 2.65. The van der Waals surface area contributed by atoms with E-state index in [1.807, 2.05) is 0 Å². The molecule has 5 nitrogen and oxygen atoms in total. The predicted octanol–water partition coefficient (Wildman–Crippen LogP) is 0.386. The van der Waals surface area contributed by atoms with Crippen molar-refractivity contribution in [3.8, 4) is 0 Å². The smallest absolute Gasteiger partial charge is 0.204 e. The van der Waals surface area contributed by atoms with Gasteiger partial charge in [0.25, 0.3) is 0 Å². The molecule has 0 aromatic carbocycles. The van der Waals surface area contributed by atoms with Gasteiger partial charge in [0, 0.05) is 25.6 Å². The van der Waals surface area contributed by atoms with E-state index in [-0.39, 0.29) is 11.7 Å². The fourth-order valence-electron chi connectivity index (χ4n) is 1.92. The van der Waals surface area contributed by atoms with Crippen molar-refractivity contribution in [1.82, 2.24) is 20.1 Å². The highest BCUT2D eigenvalue weighted by atomic mass is 16.1. The van der Waals surface area contributed by atoms with E-state index < -0.39 is 0 Å². The number of carbonyl (C=O) groups excluding carboxylic acids is 1. The van der Waals surface area contributed by atoms with E-state index in [4.69, 9.17) is 0 Å². The summed E-state index contributed by atoms with van der Waals surface area (Å²) in [6.45, 7) is 2.90. The van der Waals surface area contributed by atoms with Crippen molar-refractivity contribution in [1.29, 1.82) is 0 Å². The van der Waals surface area contributed by atoms with Gasteiger partial charge in [-0.05, 0) is 19.8 Å². The van der Waals surface area contributed by atoms with Crippen molar-refractivity contribution in [3.63, 3.8) is 0 Å². The number of nitrogens with zero attached hydrogens (tertiary/aromatic N) is 3. The van der Waals surface area contributed by atoms with Gasteiger partial charge in [0.05, 0.1) is 0 Å². The van der Waals surface area contributed by atoms with Gasteiger partial charge in [-0.25, -0.2) is 9.67 Å². The Bertz CT molecular complexity index is 352. The standard InChI is InChI=1S/C10H16N4O/c1-7-3-4-8(5-11-7)9(15)10-12-6-13-14(10)2/h6-8,11H,3-5H2,1-2H3. The van der Waals surface area contributed by atoms with Crippen LogP contribution in [0.5, 0.6) is 0 Å². The fraction of sp³-hybridized carbons (Fsp3) is 0.700. The monoisotopic (exact) mass is 208 g/mol. The van der Waals surface area contributed by atoms with E-state index in [0.717, 1.165) is 19.4 Å². The van der Waals surface area contributed by atoms with Crippen LogP contribution in [-0.4, -0.2) is 33.1 Å². The summed E-state index contributed by atoms with van der Waals surface area (Å²) in [5.74, 6) is 0.634. The van der Waals surface area contributed by atoms with E-state index in [1.165, 1.54) is 6.33 Å². The minimum Gasteiger partial charge on any atom is -0.314 e. The van der Waals surface area contributed by atoms with E-state index >= 15 is 0 Å². The number of rotatable bonds is 2. The average molecular weight is 208 g/mol. The van der Waals surface area contributed by atoms with Crippen LogP contribution in [0, 0.1) is 5.92 Å². The molecule has 0 saturated carbocycles. The number of aromatic nitrogens is 3. The van der Waals surface area contributed by atoms with Gasteiger partial charge >= 0.3 is 0 Å². The lowest BCUT2D eigenvalue weighted by atomic mass is 9.91. The maximum Gasteiger partial charge on any atom is 0.204 e. The predicted molar refractivity (Wildman–Crippen MR) is 55.5 cm³/mol. The van der Waals surface area contributed by atoms with Crippen LogP contribution >= 0.6 is 0 Å². The van der Waals surface area contributed by atoms with Crippen molar-refractivity contribution < 1.29 is 4.79 Å². The summed E-state index contributed by atoms with van der Waals surface area (Å²) in [6.07, 6.45) is 3.42. The summed E-state index contributed by atoms with van der Waals surface area (Å²) in [5, 5.41) is 7.23. The Labute approximate surface area is 88.9 Å². The van der Waals surface area contributed by atoms with Crippen LogP contribution in [0.25, 0.3) is 0 Å². The number of Topliss-reactive ketones (excluding diaryl/α,β-unsaturated/α-hetero) is 1. The van der Waals surface area contributed by atoms with E-state index in [0.29, 0.717) is 11.9 Å². The summed E-state index contributed by atoms with van der Waals surface area (Å²) >= 11 is 0. The molecule has 1 aliphatic heterocycles. The normalized spacial score (nSPS) is 26.5. The second-order valence-electron chi connectivity index (χ2n) is 4.16. The van der Waals surface area contributed by atoms with Gasteiger partial charge < -0.3 is 5.32 Å². The lowest BCUT2D eigenvalue weighted by Gasteiger charge is -2.26. The molecule has 0 radical (unpaired) electrons. The van der Waals surface area contributed by atoms with Crippen LogP contribution in [0.15, 0.2) is 6.33 Å². The summed E-state index contributed by atoms with van der Waals surface area (Å²) < 4.78 is 1.54. The number of piperidine rings is 1. The maximum atomic E-state index is 12.0. The zero-order chi connectivity index (χ0) is 10.8. The highest BCUT2D eigenvalue weighted by Gasteiger charge is 2.27. The van der Waals surface area contributed by atoms with Gasteiger partial charge in [0.1, 0.15) is 6.33 Å². The quantitative estimate of drug-likeness (QED) is 0.714. The summed E-state index contributed by atoms with van der Waals surface area (Å²) in [4.78, 5) is 16.0. The first-order valence-corrected chi connectivity index (χ1v) is 5.30. The van der Waals surface area contributed by atoms with Crippen LogP contribution in [0.3, 0.4) is 0 Å². The number of hydrogen-bond acceptors (Lipinski definition) is 4. The van der Waals surface area contributed by atoms with E-state index in [9.17, 15) is 4.79 Å². The number of ketones is 1. The first-order valence-electron chi connectivity index (χ1n) is 5.30. The van der Waals surface area contributed by atoms with Gasteiger partial charge in [-0.1, -0.05) is 0 Å². The molecule has 1 aromatic rings. The summed E-state index contributed by atoms with van der Waals surface area (Å²) in [5.41, 5.74) is 0. The highest BCUT2D eigenvalue weighted by Crippen LogP contribution is 2.17. The van der Waals surface area contributed by atoms with Gasteiger partial charge in [-0.3, -0.25) is 4.79 Å². The molecule has 1 aromatic heterocycles. The number of aryl methyl sites for hydroxylation is 1. The molecule has 0 amide bonds. The summed E-state index contributed by atoms with van der Waals surface area (Å²) in [6, 6.07) is 0.522. The molecule has 2 heterocycles. The molecule has 2 atom stereocenters. The Kier molecular flexibility index (Phi) is 2.81. The third-order valence-corrected chi connectivity index (χ3v) is 2.96. The molecule has 1 fully saturated rings. The van der Waals surface area contributed by atoms with E-state index in [2.05, 4.69) is 22.3 Å². The molecular formula is C10H16N4O. The largest absolute Gasteiger partial charge is 0.314 e. The zero-order valence-corrected chi connectivity index (χ0v) is 9.10. The topological polar surface area (TPSA) is 59.8 Å². The first kappa shape index (κ1) is 10.3. The van der Waals surface area contributed by atoms with Gasteiger partial charge in [0.15, 0.2) is 5.82 Å². The molecule has 2 rings (SSSR count). The van der Waals surface area contributed by atoms with Gasteiger partial charge in [-0.2, -0.15) is 5.10 Å². The minimum atomic E-state index is 0.0594. The van der Waals surface area contributed by atoms with Crippen molar-refractivity contribution in [3.05, 3.63) is 12.2 Å². The van der Waals surface area contributed by atoms with Crippen LogP contribution < -0.4 is 5.32 Å². The van der Waals surface area contributed by atoms with E-state index in [1.54, 1.807) is 11.7 Å². The Morgan fingerprint density at radius 3 is 2.93 bits per heavy atom. The third kappa shape index (κ3) is 2.07. The van der Waals surface area contributed by atoms with Gasteiger partial charge in [0.2, 0.25) is 5.78 Å². The van der Waals surface area contributed by atoms with Crippen molar-refractivity contribution in [2.24, 2.45) is 13.0 Å². The Morgan fingerprint density at radius 2 is 2.40 bits per heavy atom. The number of carbonyl (C=O) groups is 1. The molecule has 15 heavy (non-hydrogen) atoms. The van der Waals surface area contributed by atoms with Crippen molar-refractivity contribution in [2.75, 3.05) is 6.54 Å². The van der Waals surface area contributed by atoms with Gasteiger partial charge in [-0.15, -0.1) is 0 Å². The molecule has 1 aliphatic rings. The maximum absolute atomic E-state index is 12.0. The number of hydrogen-bond donors (Lipinski definition) is 1. The molecule has 0 spiro atoms. The molecule has 0 aliphatic carbocycles. The second-order valence-corrected chi connectivity index (χ2v) is 4.16. The first-order chi connectivity index (χ1) is 7.18. The molecule has 0 bridgehead atoms. The van der Waals surface area contributed by atoms with Crippen LogP contribution in [0.1, 0.15) is 30.4 Å².